The second-order valence-corrected chi connectivity index (χ2v) is 8.49. The Hall–Kier alpha value is -2.38. The first-order valence-corrected chi connectivity index (χ1v) is 10.1. The van der Waals surface area contributed by atoms with Gasteiger partial charge in [0.1, 0.15) is 6.10 Å². The van der Waals surface area contributed by atoms with Crippen molar-refractivity contribution in [1.29, 1.82) is 0 Å². The number of thiazole rings is 1. The summed E-state index contributed by atoms with van der Waals surface area (Å²) in [5.41, 5.74) is 0.140. The molecule has 28 heavy (non-hydrogen) atoms. The van der Waals surface area contributed by atoms with Crippen LogP contribution in [-0.2, 0) is 16.8 Å². The molecule has 2 N–H and O–H groups in total. The smallest absolute Gasteiger partial charge is 0.229 e. The molecule has 6 nitrogen and oxygen atoms in total. The van der Waals surface area contributed by atoms with E-state index in [0.717, 1.165) is 12.0 Å². The largest absolute Gasteiger partial charge is 0.493 e. The molecule has 1 saturated carbocycles. The molecule has 0 saturated heterocycles. The molecule has 1 aliphatic carbocycles. The number of rotatable bonds is 8. The highest BCUT2D eigenvalue weighted by molar-refractivity contribution is 7.15. The first kappa shape index (κ1) is 20.4. The third-order valence-electron chi connectivity index (χ3n) is 4.71. The van der Waals surface area contributed by atoms with Crippen LogP contribution in [0, 0.1) is 5.92 Å². The number of amides is 1. The van der Waals surface area contributed by atoms with Gasteiger partial charge in [-0.05, 0) is 50.8 Å². The van der Waals surface area contributed by atoms with Crippen molar-refractivity contribution in [1.82, 2.24) is 4.98 Å². The van der Waals surface area contributed by atoms with Crippen LogP contribution in [0.5, 0.6) is 11.5 Å². The van der Waals surface area contributed by atoms with Gasteiger partial charge in [-0.25, -0.2) is 4.98 Å². The van der Waals surface area contributed by atoms with Crippen LogP contribution in [0.25, 0.3) is 0 Å². The second kappa shape index (κ2) is 8.32. The van der Waals surface area contributed by atoms with Crippen LogP contribution in [0.4, 0.5) is 5.13 Å². The molecule has 1 fully saturated rings. The van der Waals surface area contributed by atoms with E-state index in [4.69, 9.17) is 9.47 Å². The fraction of sp³-hybridized carbons (Fsp3) is 0.429. The number of ether oxygens (including phenoxy) is 2. The molecule has 1 aliphatic rings. The third kappa shape index (κ3) is 4.72. The van der Waals surface area contributed by atoms with Gasteiger partial charge in [0.2, 0.25) is 5.91 Å². The first-order chi connectivity index (χ1) is 13.3. The van der Waals surface area contributed by atoms with Crippen molar-refractivity contribution in [2.45, 2.75) is 44.8 Å². The van der Waals surface area contributed by atoms with Crippen LogP contribution in [0.1, 0.15) is 37.1 Å². The Balaban J connectivity index is 1.54. The number of aliphatic hydroxyl groups is 1. The van der Waals surface area contributed by atoms with Crippen LogP contribution in [0.15, 0.2) is 37.1 Å². The normalized spacial score (nSPS) is 18.9. The minimum atomic E-state index is -0.963. The lowest BCUT2D eigenvalue weighted by Crippen LogP contribution is -2.40. The monoisotopic (exact) mass is 402 g/mol. The molecule has 1 heterocycles. The Kier molecular flexibility index (Phi) is 6.05. The van der Waals surface area contributed by atoms with E-state index in [-0.39, 0.29) is 17.9 Å². The van der Waals surface area contributed by atoms with Crippen molar-refractivity contribution in [3.8, 4) is 11.5 Å². The predicted molar refractivity (Wildman–Crippen MR) is 110 cm³/mol. The summed E-state index contributed by atoms with van der Waals surface area (Å²) in [5, 5.41) is 13.3. The summed E-state index contributed by atoms with van der Waals surface area (Å²) in [5.74, 6) is 1.20. The van der Waals surface area contributed by atoms with Crippen LogP contribution in [-0.4, -0.2) is 29.2 Å². The lowest BCUT2D eigenvalue weighted by molar-refractivity contribution is -0.125. The van der Waals surface area contributed by atoms with Crippen LogP contribution >= 0.6 is 11.3 Å². The number of hydrogen-bond acceptors (Lipinski definition) is 6. The Morgan fingerprint density at radius 1 is 1.43 bits per heavy atom. The van der Waals surface area contributed by atoms with Gasteiger partial charge < -0.3 is 19.9 Å². The Labute approximate surface area is 169 Å². The van der Waals surface area contributed by atoms with Crippen LogP contribution in [0.2, 0.25) is 0 Å². The maximum atomic E-state index is 12.4. The predicted octanol–water partition coefficient (Wildman–Crippen LogP) is 3.90. The number of anilines is 1. The quantitative estimate of drug-likeness (QED) is 0.655. The molecule has 0 bridgehead atoms. The average Bonchev–Trinajstić information content (AvgIpc) is 3.07. The van der Waals surface area contributed by atoms with E-state index >= 15 is 0 Å². The lowest BCUT2D eigenvalue weighted by Gasteiger charge is -2.34. The van der Waals surface area contributed by atoms with Crippen molar-refractivity contribution in [3.63, 3.8) is 0 Å². The van der Waals surface area contributed by atoms with Gasteiger partial charge in [0, 0.05) is 12.1 Å². The van der Waals surface area contributed by atoms with E-state index in [2.05, 4.69) is 16.9 Å². The van der Waals surface area contributed by atoms with Gasteiger partial charge in [0.15, 0.2) is 16.6 Å². The van der Waals surface area contributed by atoms with Gasteiger partial charge in [0.05, 0.1) is 17.6 Å². The van der Waals surface area contributed by atoms with E-state index in [0.29, 0.717) is 34.3 Å². The molecule has 0 radical (unpaired) electrons. The van der Waals surface area contributed by atoms with Crippen molar-refractivity contribution in [2.75, 3.05) is 12.4 Å². The first-order valence-electron chi connectivity index (χ1n) is 9.24. The molecule has 2 aromatic rings. The molecular formula is C21H26N2O4S. The van der Waals surface area contributed by atoms with Gasteiger partial charge in [-0.1, -0.05) is 23.5 Å². The summed E-state index contributed by atoms with van der Waals surface area (Å²) < 4.78 is 11.4. The highest BCUT2D eigenvalue weighted by Gasteiger charge is 2.37. The summed E-state index contributed by atoms with van der Waals surface area (Å²) in [6.45, 7) is 7.15. The van der Waals surface area contributed by atoms with Crippen LogP contribution < -0.4 is 14.8 Å². The standard InChI is InChI=1S/C21H26N2O4S/c1-5-6-13-7-8-16(26-4)17(9-13)27-15-10-14(11-15)19(24)23-20-22-12-18(28-20)21(2,3)25/h5,7-9,12,14-15,25H,1,6,10-11H2,2-4H3,(H,22,23,24)/t14-,15-. The third-order valence-corrected chi connectivity index (χ3v) is 5.93. The van der Waals surface area contributed by atoms with E-state index in [9.17, 15) is 9.90 Å². The minimum absolute atomic E-state index is 0.0214. The number of carbonyl (C=O) groups excluding carboxylic acids is 1. The van der Waals surface area contributed by atoms with Crippen LogP contribution in [0.3, 0.4) is 0 Å². The molecule has 3 rings (SSSR count). The zero-order valence-corrected chi connectivity index (χ0v) is 17.2. The zero-order valence-electron chi connectivity index (χ0n) is 16.4. The van der Waals surface area contributed by atoms with Crippen molar-refractivity contribution >= 4 is 22.4 Å². The van der Waals surface area contributed by atoms with Gasteiger partial charge >= 0.3 is 0 Å². The van der Waals surface area contributed by atoms with E-state index in [1.807, 2.05) is 24.3 Å². The minimum Gasteiger partial charge on any atom is -0.493 e. The molecule has 150 valence electrons. The van der Waals surface area contributed by atoms with E-state index in [1.165, 1.54) is 11.3 Å². The molecule has 0 spiro atoms. The maximum absolute atomic E-state index is 12.4. The lowest BCUT2D eigenvalue weighted by atomic mass is 9.81. The van der Waals surface area contributed by atoms with E-state index in [1.54, 1.807) is 27.2 Å². The van der Waals surface area contributed by atoms with Crippen molar-refractivity contribution < 1.29 is 19.4 Å². The highest BCUT2D eigenvalue weighted by Crippen LogP contribution is 2.37. The molecular weight excluding hydrogens is 376 g/mol. The summed E-state index contributed by atoms with van der Waals surface area (Å²) >= 11 is 1.29. The van der Waals surface area contributed by atoms with Gasteiger partial charge in [0.25, 0.3) is 0 Å². The number of aromatic nitrogens is 1. The molecule has 1 amide bonds. The number of methoxy groups -OCH3 is 1. The Morgan fingerprint density at radius 2 is 2.18 bits per heavy atom. The molecule has 1 aromatic heterocycles. The Bertz CT molecular complexity index is 850. The molecule has 1 aromatic carbocycles. The maximum Gasteiger partial charge on any atom is 0.229 e. The number of carbonyl (C=O) groups is 1. The number of hydrogen-bond donors (Lipinski definition) is 2. The molecule has 0 atom stereocenters. The fourth-order valence-electron chi connectivity index (χ4n) is 2.98. The topological polar surface area (TPSA) is 80.7 Å². The second-order valence-electron chi connectivity index (χ2n) is 7.46. The van der Waals surface area contributed by atoms with E-state index < -0.39 is 5.60 Å². The summed E-state index contributed by atoms with van der Waals surface area (Å²) in [6, 6.07) is 5.84. The number of benzene rings is 1. The summed E-state index contributed by atoms with van der Waals surface area (Å²) in [6.07, 6.45) is 5.46. The average molecular weight is 403 g/mol. The number of allylic oxidation sites excluding steroid dienone is 1. The number of nitrogens with one attached hydrogen (secondary N) is 1. The SMILES string of the molecule is C=CCc1ccc(OC)c(O[C@H]2C[C@H](C(=O)Nc3ncc(C(C)(C)O)s3)C2)c1. The fourth-order valence-corrected chi connectivity index (χ4v) is 3.81. The molecule has 0 aliphatic heterocycles. The summed E-state index contributed by atoms with van der Waals surface area (Å²) in [7, 11) is 1.61. The number of nitrogens with zero attached hydrogens (tertiary/aromatic N) is 1. The summed E-state index contributed by atoms with van der Waals surface area (Å²) in [4.78, 5) is 17.3. The molecule has 0 unspecified atom stereocenters. The Morgan fingerprint density at radius 3 is 2.79 bits per heavy atom. The van der Waals surface area contributed by atoms with Crippen molar-refractivity contribution in [3.05, 3.63) is 47.5 Å². The van der Waals surface area contributed by atoms with Gasteiger partial charge in [-0.15, -0.1) is 6.58 Å². The van der Waals surface area contributed by atoms with Gasteiger partial charge in [-0.3, -0.25) is 4.79 Å². The van der Waals surface area contributed by atoms with Crippen molar-refractivity contribution in [2.24, 2.45) is 5.92 Å². The highest BCUT2D eigenvalue weighted by atomic mass is 32.1. The zero-order chi connectivity index (χ0) is 20.3. The molecule has 7 heteroatoms. The van der Waals surface area contributed by atoms with Gasteiger partial charge in [-0.2, -0.15) is 0 Å².